The first kappa shape index (κ1) is 17.1. The molecule has 2 aliphatic heterocycles. The molecule has 0 spiro atoms. The van der Waals surface area contributed by atoms with Crippen molar-refractivity contribution in [2.75, 3.05) is 6.61 Å². The van der Waals surface area contributed by atoms with Gasteiger partial charge in [-0.1, -0.05) is 11.1 Å². The average molecular weight is 374 g/mol. The van der Waals surface area contributed by atoms with Gasteiger partial charge in [0.2, 0.25) is 6.33 Å². The van der Waals surface area contributed by atoms with Gasteiger partial charge in [-0.15, -0.1) is 0 Å². The maximum atomic E-state index is 12.2. The smallest absolute Gasteiger partial charge is 0.490 e. The van der Waals surface area contributed by atoms with Gasteiger partial charge in [0.25, 0.3) is 5.91 Å². The average Bonchev–Trinajstić information content (AvgIpc) is 3.30. The number of phenolic OH excluding ortho intramolecular Hbond substituents is 1. The summed E-state index contributed by atoms with van der Waals surface area (Å²) in [6, 6.07) is 5.44. The lowest BCUT2D eigenvalue weighted by molar-refractivity contribution is -0.394. The largest absolute Gasteiger partial charge is 0.508 e. The molecule has 27 heavy (non-hydrogen) atoms. The number of nitrogens with one attached hydrogen (secondary N) is 1. The lowest BCUT2D eigenvalue weighted by Crippen LogP contribution is -2.38. The van der Waals surface area contributed by atoms with E-state index in [9.17, 15) is 20.0 Å². The molecule has 1 aromatic heterocycles. The summed E-state index contributed by atoms with van der Waals surface area (Å²) in [5.74, 6) is -1.05. The zero-order valence-corrected chi connectivity index (χ0v) is 13.8. The highest BCUT2D eigenvalue weighted by atomic mass is 16.7. The number of rotatable bonds is 4. The standard InChI is InChI=1S/C15H14N6O6/c22-9-3-1-2-8(4-9)13(23)18-17-10-5-11(12-6-26-14(10)27-12)20-7-16-15(19-20)21(24)25/h1-4,7,11-12,14,22H,5-6H2,(H,18,23)/b17-10+/t11-,12+,14+/m0/s1. The maximum absolute atomic E-state index is 12.2. The van der Waals surface area contributed by atoms with Crippen molar-refractivity contribution in [1.82, 2.24) is 20.2 Å². The SMILES string of the molecule is O=C(N/N=C1\C[C@H](n2cnc([N+](=O)[O-])n2)[C@H]2CO[C@@H]1O2)c1cccc(O)c1. The van der Waals surface area contributed by atoms with Crippen LogP contribution in [0.4, 0.5) is 5.95 Å². The highest BCUT2D eigenvalue weighted by Crippen LogP contribution is 2.33. The molecule has 12 heteroatoms. The molecule has 2 bridgehead atoms. The fourth-order valence-corrected chi connectivity index (χ4v) is 2.94. The van der Waals surface area contributed by atoms with Crippen molar-refractivity contribution in [3.8, 4) is 5.75 Å². The van der Waals surface area contributed by atoms with Crippen molar-refractivity contribution in [2.45, 2.75) is 24.9 Å². The van der Waals surface area contributed by atoms with E-state index >= 15 is 0 Å². The molecule has 12 nitrogen and oxygen atoms in total. The predicted molar refractivity (Wildman–Crippen MR) is 88.0 cm³/mol. The van der Waals surface area contributed by atoms with Gasteiger partial charge < -0.3 is 24.7 Å². The van der Waals surface area contributed by atoms with E-state index in [1.807, 2.05) is 0 Å². The number of phenols is 1. The minimum Gasteiger partial charge on any atom is -0.508 e. The van der Waals surface area contributed by atoms with Gasteiger partial charge in [-0.25, -0.2) is 5.43 Å². The number of nitro groups is 1. The van der Waals surface area contributed by atoms with Gasteiger partial charge in [0.1, 0.15) is 17.9 Å². The van der Waals surface area contributed by atoms with Crippen molar-refractivity contribution >= 4 is 17.6 Å². The van der Waals surface area contributed by atoms with Gasteiger partial charge in [0.05, 0.1) is 12.3 Å². The molecule has 140 valence electrons. The van der Waals surface area contributed by atoms with Crippen LogP contribution in [-0.2, 0) is 9.47 Å². The molecule has 2 saturated heterocycles. The lowest BCUT2D eigenvalue weighted by atomic mass is 10.0. The number of carbonyl (C=O) groups excluding carboxylic acids is 1. The van der Waals surface area contributed by atoms with Crippen LogP contribution < -0.4 is 5.43 Å². The molecule has 1 amide bonds. The number of aromatic nitrogens is 3. The molecule has 4 rings (SSSR count). The van der Waals surface area contributed by atoms with E-state index in [0.717, 1.165) is 0 Å². The van der Waals surface area contributed by atoms with E-state index in [4.69, 9.17) is 9.47 Å². The van der Waals surface area contributed by atoms with Gasteiger partial charge in [-0.3, -0.25) is 4.79 Å². The summed E-state index contributed by atoms with van der Waals surface area (Å²) in [4.78, 5) is 25.9. The highest BCUT2D eigenvalue weighted by molar-refractivity contribution is 5.96. The summed E-state index contributed by atoms with van der Waals surface area (Å²) in [6.45, 7) is 0.266. The second-order valence-corrected chi connectivity index (χ2v) is 5.99. The molecule has 2 fully saturated rings. The molecule has 2 N–H and O–H groups in total. The Kier molecular flexibility index (Phi) is 4.25. The van der Waals surface area contributed by atoms with Crippen molar-refractivity contribution in [3.63, 3.8) is 0 Å². The normalized spacial score (nSPS) is 25.5. The Morgan fingerprint density at radius 1 is 1.48 bits per heavy atom. The fraction of sp³-hybridized carbons (Fsp3) is 0.333. The summed E-state index contributed by atoms with van der Waals surface area (Å²) in [6.07, 6.45) is 0.524. The predicted octanol–water partition coefficient (Wildman–Crippen LogP) is 0.364. The Balaban J connectivity index is 1.51. The molecule has 0 saturated carbocycles. The summed E-state index contributed by atoms with van der Waals surface area (Å²) in [5, 5.41) is 28.1. The molecule has 3 heterocycles. The third-order valence-electron chi connectivity index (χ3n) is 4.24. The van der Waals surface area contributed by atoms with Crippen molar-refractivity contribution < 1.29 is 24.3 Å². The highest BCUT2D eigenvalue weighted by Gasteiger charge is 2.44. The molecular formula is C15H14N6O6. The van der Waals surface area contributed by atoms with Gasteiger partial charge >= 0.3 is 5.95 Å². The first-order valence-corrected chi connectivity index (χ1v) is 7.99. The van der Waals surface area contributed by atoms with Crippen LogP contribution in [0.15, 0.2) is 35.7 Å². The first-order valence-electron chi connectivity index (χ1n) is 7.99. The van der Waals surface area contributed by atoms with Crippen LogP contribution in [0.25, 0.3) is 0 Å². The van der Waals surface area contributed by atoms with E-state index in [1.54, 1.807) is 6.07 Å². The Labute approximate surface area is 151 Å². The van der Waals surface area contributed by atoms with Crippen molar-refractivity contribution in [3.05, 3.63) is 46.3 Å². The van der Waals surface area contributed by atoms with Crippen LogP contribution in [-0.4, -0.2) is 55.4 Å². The van der Waals surface area contributed by atoms with Gasteiger partial charge in [-0.2, -0.15) is 9.78 Å². The molecule has 2 aliphatic rings. The number of hydrogen-bond donors (Lipinski definition) is 2. The minimum atomic E-state index is -0.700. The minimum absolute atomic E-state index is 0.0360. The zero-order chi connectivity index (χ0) is 19.0. The zero-order valence-electron chi connectivity index (χ0n) is 13.8. The van der Waals surface area contributed by atoms with E-state index in [2.05, 4.69) is 20.6 Å². The number of carbonyl (C=O) groups is 1. The van der Waals surface area contributed by atoms with E-state index in [1.165, 1.54) is 29.2 Å². The Morgan fingerprint density at radius 2 is 2.33 bits per heavy atom. The van der Waals surface area contributed by atoms with Gasteiger partial charge in [-0.05, 0) is 23.1 Å². The summed E-state index contributed by atoms with van der Waals surface area (Å²) in [5.41, 5.74) is 3.06. The second kappa shape index (κ2) is 6.74. The monoisotopic (exact) mass is 374 g/mol. The van der Waals surface area contributed by atoms with Crippen LogP contribution in [0.5, 0.6) is 5.75 Å². The molecule has 2 aromatic rings. The number of hydrazone groups is 1. The topological polar surface area (TPSA) is 154 Å². The Bertz CT molecular complexity index is 927. The lowest BCUT2D eigenvalue weighted by Gasteiger charge is -2.26. The number of amides is 1. The third kappa shape index (κ3) is 3.35. The van der Waals surface area contributed by atoms with Crippen molar-refractivity contribution in [2.24, 2.45) is 5.10 Å². The summed E-state index contributed by atoms with van der Waals surface area (Å²) < 4.78 is 12.6. The number of benzene rings is 1. The molecular weight excluding hydrogens is 360 g/mol. The van der Waals surface area contributed by atoms with Crippen LogP contribution in [0, 0.1) is 10.1 Å². The van der Waals surface area contributed by atoms with E-state index < -0.39 is 29.1 Å². The molecule has 0 radical (unpaired) electrons. The molecule has 1 aromatic carbocycles. The van der Waals surface area contributed by atoms with Crippen LogP contribution in [0.2, 0.25) is 0 Å². The van der Waals surface area contributed by atoms with Crippen LogP contribution in [0.1, 0.15) is 22.8 Å². The maximum Gasteiger partial charge on any atom is 0.490 e. The quantitative estimate of drug-likeness (QED) is 0.574. The molecule has 0 aliphatic carbocycles. The van der Waals surface area contributed by atoms with Crippen LogP contribution in [0.3, 0.4) is 0 Å². The Morgan fingerprint density at radius 3 is 3.07 bits per heavy atom. The fourth-order valence-electron chi connectivity index (χ4n) is 2.94. The number of aromatic hydroxyl groups is 1. The molecule has 0 unspecified atom stereocenters. The second-order valence-electron chi connectivity index (χ2n) is 5.99. The van der Waals surface area contributed by atoms with E-state index in [-0.39, 0.29) is 24.0 Å². The first-order chi connectivity index (χ1) is 13.0. The summed E-state index contributed by atoms with van der Waals surface area (Å²) in [7, 11) is 0. The van der Waals surface area contributed by atoms with Crippen molar-refractivity contribution in [1.29, 1.82) is 0 Å². The summed E-state index contributed by atoms with van der Waals surface area (Å²) >= 11 is 0. The van der Waals surface area contributed by atoms with E-state index in [0.29, 0.717) is 12.1 Å². The number of nitrogens with zero attached hydrogens (tertiary/aromatic N) is 5. The number of fused-ring (bicyclic) bond motifs is 2. The van der Waals surface area contributed by atoms with Gasteiger partial charge in [0.15, 0.2) is 6.29 Å². The third-order valence-corrected chi connectivity index (χ3v) is 4.24. The number of hydrogen-bond acceptors (Lipinski definition) is 9. The Hall–Kier alpha value is -3.38. The van der Waals surface area contributed by atoms with Gasteiger partial charge in [0, 0.05) is 17.1 Å². The molecule has 3 atom stereocenters. The van der Waals surface area contributed by atoms with Crippen LogP contribution >= 0.6 is 0 Å². The number of ether oxygens (including phenoxy) is 2.